The number of hydrogen-bond acceptors (Lipinski definition) is 3. The molecule has 0 amide bonds. The van der Waals surface area contributed by atoms with Crippen molar-refractivity contribution in [2.75, 3.05) is 0 Å². The molecule has 1 aromatic carbocycles. The molecule has 0 spiro atoms. The Balaban J connectivity index is 2.66. The molecule has 4 heteroatoms. The minimum atomic E-state index is -1.05. The first kappa shape index (κ1) is 13.1. The molecule has 0 unspecified atom stereocenters. The maximum absolute atomic E-state index is 12.3. The quantitative estimate of drug-likeness (QED) is 0.859. The van der Waals surface area contributed by atoms with Crippen LogP contribution in [0.1, 0.15) is 25.0 Å². The molecular formula is C15H14O4. The van der Waals surface area contributed by atoms with Crippen LogP contribution in [0.4, 0.5) is 0 Å². The Kier molecular flexibility index (Phi) is 3.51. The first-order chi connectivity index (χ1) is 9.02. The van der Waals surface area contributed by atoms with Gasteiger partial charge < -0.3 is 9.52 Å². The van der Waals surface area contributed by atoms with Crippen molar-refractivity contribution < 1.29 is 14.3 Å². The van der Waals surface area contributed by atoms with E-state index in [9.17, 15) is 9.59 Å². The fraction of sp³-hybridized carbons (Fsp3) is 0.200. The molecule has 0 fully saturated rings. The van der Waals surface area contributed by atoms with Gasteiger partial charge in [0, 0.05) is 5.57 Å². The number of carboxylic acids is 1. The Hall–Kier alpha value is -2.36. The molecule has 2 aromatic rings. The van der Waals surface area contributed by atoms with Crippen LogP contribution >= 0.6 is 0 Å². The second-order valence-corrected chi connectivity index (χ2v) is 4.34. The zero-order valence-electron chi connectivity index (χ0n) is 10.8. The van der Waals surface area contributed by atoms with Gasteiger partial charge in [0.25, 0.3) is 0 Å². The van der Waals surface area contributed by atoms with E-state index in [0.29, 0.717) is 11.0 Å². The van der Waals surface area contributed by atoms with Crippen molar-refractivity contribution in [3.8, 4) is 0 Å². The number of carbonyl (C=O) groups is 1. The van der Waals surface area contributed by atoms with Crippen LogP contribution in [0, 0.1) is 0 Å². The van der Waals surface area contributed by atoms with Crippen molar-refractivity contribution >= 4 is 23.0 Å². The lowest BCUT2D eigenvalue weighted by atomic mass is 10.1. The van der Waals surface area contributed by atoms with E-state index in [2.05, 4.69) is 0 Å². The maximum Gasteiger partial charge on any atom is 0.331 e. The summed E-state index contributed by atoms with van der Waals surface area (Å²) >= 11 is 0. The van der Waals surface area contributed by atoms with Crippen LogP contribution in [-0.4, -0.2) is 11.1 Å². The molecular weight excluding hydrogens is 244 g/mol. The Bertz CT molecular complexity index is 722. The number of fused-ring (bicyclic) bond motifs is 1. The summed E-state index contributed by atoms with van der Waals surface area (Å²) in [7, 11) is 0. The molecule has 1 aromatic heterocycles. The van der Waals surface area contributed by atoms with Gasteiger partial charge in [0.15, 0.2) is 5.43 Å². The topological polar surface area (TPSA) is 67.5 Å². The molecule has 0 aliphatic heterocycles. The summed E-state index contributed by atoms with van der Waals surface area (Å²) in [6, 6.07) is 5.45. The van der Waals surface area contributed by atoms with E-state index in [-0.39, 0.29) is 16.6 Å². The molecule has 0 saturated carbocycles. The van der Waals surface area contributed by atoms with Gasteiger partial charge in [-0.2, -0.15) is 0 Å². The molecule has 98 valence electrons. The van der Waals surface area contributed by atoms with Gasteiger partial charge in [-0.25, -0.2) is 4.79 Å². The van der Waals surface area contributed by atoms with Crippen LogP contribution < -0.4 is 5.43 Å². The normalized spacial score (nSPS) is 11.8. The van der Waals surface area contributed by atoms with Crippen LogP contribution in [0.2, 0.25) is 0 Å². The number of benzene rings is 1. The summed E-state index contributed by atoms with van der Waals surface area (Å²) < 4.78 is 5.37. The molecule has 0 atom stereocenters. The van der Waals surface area contributed by atoms with Crippen LogP contribution in [0.3, 0.4) is 0 Å². The van der Waals surface area contributed by atoms with Crippen LogP contribution in [0.5, 0.6) is 0 Å². The molecule has 0 aliphatic carbocycles. The lowest BCUT2D eigenvalue weighted by molar-refractivity contribution is -0.132. The maximum atomic E-state index is 12.3. The highest BCUT2D eigenvalue weighted by atomic mass is 16.4. The summed E-state index contributed by atoms with van der Waals surface area (Å²) in [5.74, 6) is -1.05. The first-order valence-electron chi connectivity index (χ1n) is 5.99. The summed E-state index contributed by atoms with van der Waals surface area (Å²) in [6.07, 6.45) is 3.44. The van der Waals surface area contributed by atoms with Gasteiger partial charge >= 0.3 is 5.97 Å². The number of hydrogen-bond donors (Lipinski definition) is 1. The summed E-state index contributed by atoms with van der Waals surface area (Å²) in [5, 5.41) is 9.31. The van der Waals surface area contributed by atoms with Gasteiger partial charge in [0.05, 0.1) is 10.9 Å². The lowest BCUT2D eigenvalue weighted by Gasteiger charge is -2.01. The SMILES string of the molecule is CCc1ccc2occ(/C=C(\C)C(=O)O)c(=O)c2c1. The highest BCUT2D eigenvalue weighted by molar-refractivity contribution is 5.92. The third-order valence-corrected chi connectivity index (χ3v) is 2.98. The highest BCUT2D eigenvalue weighted by Gasteiger charge is 2.08. The standard InChI is InChI=1S/C15H14O4/c1-3-10-4-5-13-12(7-10)14(16)11(8-19-13)6-9(2)15(17)18/h4-8H,3H2,1-2H3,(H,17,18)/b9-6+. The highest BCUT2D eigenvalue weighted by Crippen LogP contribution is 2.15. The molecule has 2 rings (SSSR count). The van der Waals surface area contributed by atoms with Crippen LogP contribution in [0.15, 0.2) is 39.2 Å². The van der Waals surface area contributed by atoms with Crippen molar-refractivity contribution in [2.24, 2.45) is 0 Å². The molecule has 0 saturated heterocycles. The number of aliphatic carboxylic acids is 1. The van der Waals surface area contributed by atoms with Crippen molar-refractivity contribution in [2.45, 2.75) is 20.3 Å². The predicted molar refractivity (Wildman–Crippen MR) is 73.1 cm³/mol. The number of carboxylic acid groups (broad SMARTS) is 1. The van der Waals surface area contributed by atoms with E-state index in [1.54, 1.807) is 12.1 Å². The Morgan fingerprint density at radius 3 is 2.79 bits per heavy atom. The molecule has 1 heterocycles. The molecule has 0 radical (unpaired) electrons. The van der Waals surface area contributed by atoms with Crippen molar-refractivity contribution in [1.82, 2.24) is 0 Å². The van der Waals surface area contributed by atoms with Gasteiger partial charge in [-0.1, -0.05) is 13.0 Å². The van der Waals surface area contributed by atoms with Gasteiger partial charge in [0.2, 0.25) is 0 Å². The molecule has 1 N–H and O–H groups in total. The summed E-state index contributed by atoms with van der Waals surface area (Å²) in [5.41, 5.74) is 1.68. The number of aryl methyl sites for hydroxylation is 1. The summed E-state index contributed by atoms with van der Waals surface area (Å²) in [4.78, 5) is 23.0. The fourth-order valence-corrected chi connectivity index (χ4v) is 1.81. The summed E-state index contributed by atoms with van der Waals surface area (Å²) in [6.45, 7) is 3.44. The third-order valence-electron chi connectivity index (χ3n) is 2.98. The van der Waals surface area contributed by atoms with Crippen LogP contribution in [-0.2, 0) is 11.2 Å². The van der Waals surface area contributed by atoms with E-state index < -0.39 is 5.97 Å². The molecule has 0 bridgehead atoms. The van der Waals surface area contributed by atoms with Crippen molar-refractivity contribution in [3.63, 3.8) is 0 Å². The molecule has 4 nitrogen and oxygen atoms in total. The zero-order chi connectivity index (χ0) is 14.0. The van der Waals surface area contributed by atoms with Crippen molar-refractivity contribution in [3.05, 3.63) is 51.4 Å². The average Bonchev–Trinajstić information content (AvgIpc) is 2.41. The average molecular weight is 258 g/mol. The predicted octanol–water partition coefficient (Wildman–Crippen LogP) is 2.84. The zero-order valence-corrected chi connectivity index (χ0v) is 10.8. The number of rotatable bonds is 3. The molecule has 19 heavy (non-hydrogen) atoms. The van der Waals surface area contributed by atoms with E-state index >= 15 is 0 Å². The molecule has 0 aliphatic rings. The fourth-order valence-electron chi connectivity index (χ4n) is 1.81. The second-order valence-electron chi connectivity index (χ2n) is 4.34. The van der Waals surface area contributed by atoms with Crippen molar-refractivity contribution in [1.29, 1.82) is 0 Å². The van der Waals surface area contributed by atoms with E-state index in [1.165, 1.54) is 19.3 Å². The Labute approximate surface area is 110 Å². The monoisotopic (exact) mass is 258 g/mol. The van der Waals surface area contributed by atoms with E-state index in [1.807, 2.05) is 13.0 Å². The van der Waals surface area contributed by atoms with Gasteiger partial charge in [-0.05, 0) is 37.1 Å². The lowest BCUT2D eigenvalue weighted by Crippen LogP contribution is -2.07. The minimum absolute atomic E-state index is 0.0956. The van der Waals surface area contributed by atoms with Gasteiger partial charge in [-0.15, -0.1) is 0 Å². The minimum Gasteiger partial charge on any atom is -0.478 e. The second kappa shape index (κ2) is 5.10. The van der Waals surface area contributed by atoms with E-state index in [4.69, 9.17) is 9.52 Å². The Morgan fingerprint density at radius 1 is 1.42 bits per heavy atom. The van der Waals surface area contributed by atoms with E-state index in [0.717, 1.165) is 12.0 Å². The smallest absolute Gasteiger partial charge is 0.331 e. The Morgan fingerprint density at radius 2 is 2.16 bits per heavy atom. The third kappa shape index (κ3) is 2.57. The van der Waals surface area contributed by atoms with Gasteiger partial charge in [0.1, 0.15) is 11.8 Å². The first-order valence-corrected chi connectivity index (χ1v) is 5.99. The largest absolute Gasteiger partial charge is 0.478 e. The van der Waals surface area contributed by atoms with Crippen LogP contribution in [0.25, 0.3) is 17.0 Å². The van der Waals surface area contributed by atoms with Gasteiger partial charge in [-0.3, -0.25) is 4.79 Å².